The SMILES string of the molecule is COc1ccc(NC(=O)CC(=O)c2ccc(Nc3nc(N4C[C@H](N)C[C@H](N)C4)nc(N4C[C@H](N)C[C@H](N)C4)n3)cc2)cc1. The minimum absolute atomic E-state index is 0.0967. The summed E-state index contributed by atoms with van der Waals surface area (Å²) in [6.07, 6.45) is 1.16. The zero-order valence-electron chi connectivity index (χ0n) is 24.1. The first-order chi connectivity index (χ1) is 20.6. The molecule has 0 aliphatic carbocycles. The van der Waals surface area contributed by atoms with E-state index in [1.54, 1.807) is 55.6 Å². The quantitative estimate of drug-likeness (QED) is 0.149. The number of hydrogen-bond acceptors (Lipinski definition) is 13. The third kappa shape index (κ3) is 7.93. The van der Waals surface area contributed by atoms with Crippen molar-refractivity contribution in [3.63, 3.8) is 0 Å². The minimum atomic E-state index is -0.406. The first-order valence-electron chi connectivity index (χ1n) is 14.3. The monoisotopic (exact) mass is 589 g/mol. The van der Waals surface area contributed by atoms with E-state index in [1.165, 1.54) is 0 Å². The van der Waals surface area contributed by atoms with E-state index in [0.717, 1.165) is 12.8 Å². The molecule has 14 nitrogen and oxygen atoms in total. The zero-order valence-corrected chi connectivity index (χ0v) is 24.1. The maximum atomic E-state index is 12.8. The lowest BCUT2D eigenvalue weighted by Crippen LogP contribution is -2.54. The third-order valence-corrected chi connectivity index (χ3v) is 7.37. The van der Waals surface area contributed by atoms with Crippen LogP contribution >= 0.6 is 0 Å². The fourth-order valence-corrected chi connectivity index (χ4v) is 5.37. The number of nitrogens with one attached hydrogen (secondary N) is 2. The van der Waals surface area contributed by atoms with Crippen molar-refractivity contribution in [2.75, 3.05) is 53.7 Å². The maximum absolute atomic E-state index is 12.8. The van der Waals surface area contributed by atoms with Crippen molar-refractivity contribution in [3.05, 3.63) is 54.1 Å². The van der Waals surface area contributed by atoms with Gasteiger partial charge in [0.1, 0.15) is 5.75 Å². The van der Waals surface area contributed by atoms with Gasteiger partial charge in [-0.25, -0.2) is 0 Å². The van der Waals surface area contributed by atoms with Crippen molar-refractivity contribution in [1.82, 2.24) is 15.0 Å². The number of nitrogens with two attached hydrogens (primary N) is 4. The molecule has 14 heteroatoms. The molecule has 2 aliphatic heterocycles. The van der Waals surface area contributed by atoms with Crippen LogP contribution in [0.25, 0.3) is 0 Å². The molecule has 2 aromatic carbocycles. The van der Waals surface area contributed by atoms with Gasteiger partial charge in [0.05, 0.1) is 13.5 Å². The summed E-state index contributed by atoms with van der Waals surface area (Å²) in [7, 11) is 1.57. The highest BCUT2D eigenvalue weighted by Gasteiger charge is 2.29. The Morgan fingerprint density at radius 3 is 1.74 bits per heavy atom. The van der Waals surface area contributed by atoms with Crippen LogP contribution in [0.3, 0.4) is 0 Å². The number of rotatable bonds is 9. The van der Waals surface area contributed by atoms with Gasteiger partial charge in [-0.05, 0) is 61.4 Å². The zero-order chi connectivity index (χ0) is 30.5. The molecule has 2 aliphatic rings. The Balaban J connectivity index is 1.29. The Hall–Kier alpha value is -4.37. The second kappa shape index (κ2) is 13.3. The van der Waals surface area contributed by atoms with Gasteiger partial charge in [-0.1, -0.05) is 0 Å². The first kappa shape index (κ1) is 30.1. The number of nitrogens with zero attached hydrogens (tertiary/aromatic N) is 5. The van der Waals surface area contributed by atoms with Crippen LogP contribution in [0.15, 0.2) is 48.5 Å². The van der Waals surface area contributed by atoms with Crippen molar-refractivity contribution >= 4 is 40.9 Å². The molecular formula is C29H39N11O3. The summed E-state index contributed by atoms with van der Waals surface area (Å²) in [4.78, 5) is 43.2. The van der Waals surface area contributed by atoms with Gasteiger partial charge in [0, 0.05) is 67.3 Å². The highest BCUT2D eigenvalue weighted by atomic mass is 16.5. The van der Waals surface area contributed by atoms with Crippen molar-refractivity contribution < 1.29 is 14.3 Å². The molecule has 4 atom stereocenters. The highest BCUT2D eigenvalue weighted by Crippen LogP contribution is 2.24. The van der Waals surface area contributed by atoms with Gasteiger partial charge in [0.2, 0.25) is 23.8 Å². The summed E-state index contributed by atoms with van der Waals surface area (Å²) in [5.74, 6) is 1.20. The Bertz CT molecular complexity index is 1360. The molecular weight excluding hydrogens is 550 g/mol. The van der Waals surface area contributed by atoms with Crippen molar-refractivity contribution in [2.24, 2.45) is 22.9 Å². The molecule has 2 fully saturated rings. The summed E-state index contributed by atoms with van der Waals surface area (Å²) >= 11 is 0. The molecule has 3 heterocycles. The number of carbonyl (C=O) groups is 2. The molecule has 1 amide bonds. The summed E-state index contributed by atoms with van der Waals surface area (Å²) < 4.78 is 5.12. The van der Waals surface area contributed by atoms with Gasteiger partial charge in [-0.2, -0.15) is 15.0 Å². The van der Waals surface area contributed by atoms with Crippen LogP contribution in [0, 0.1) is 0 Å². The summed E-state index contributed by atoms with van der Waals surface area (Å²) in [6, 6.07) is 13.3. The van der Waals surface area contributed by atoms with Gasteiger partial charge in [0.25, 0.3) is 0 Å². The van der Waals surface area contributed by atoms with E-state index < -0.39 is 5.91 Å². The fraction of sp³-hybridized carbons (Fsp3) is 0.414. The average Bonchev–Trinajstić information content (AvgIpc) is 2.96. The number of anilines is 5. The molecule has 43 heavy (non-hydrogen) atoms. The van der Waals surface area contributed by atoms with Gasteiger partial charge < -0.3 is 48.1 Å². The van der Waals surface area contributed by atoms with E-state index in [1.807, 2.05) is 9.80 Å². The average molecular weight is 590 g/mol. The molecule has 1 aromatic heterocycles. The Morgan fingerprint density at radius 1 is 0.767 bits per heavy atom. The number of piperidine rings is 2. The van der Waals surface area contributed by atoms with Gasteiger partial charge in [-0.15, -0.1) is 0 Å². The molecule has 228 valence electrons. The van der Waals surface area contributed by atoms with Gasteiger partial charge >= 0.3 is 0 Å². The Kier molecular flexibility index (Phi) is 9.31. The van der Waals surface area contributed by atoms with Gasteiger partial charge in [-0.3, -0.25) is 9.59 Å². The number of aromatic nitrogens is 3. The van der Waals surface area contributed by atoms with Gasteiger partial charge in [0.15, 0.2) is 5.78 Å². The predicted octanol–water partition coefficient (Wildman–Crippen LogP) is 0.565. The molecule has 0 spiro atoms. The molecule has 0 radical (unpaired) electrons. The topological polar surface area (TPSA) is 217 Å². The molecule has 5 rings (SSSR count). The lowest BCUT2D eigenvalue weighted by molar-refractivity contribution is -0.115. The van der Waals surface area contributed by atoms with Crippen molar-refractivity contribution in [1.29, 1.82) is 0 Å². The van der Waals surface area contributed by atoms with Crippen LogP contribution in [0.5, 0.6) is 5.75 Å². The van der Waals surface area contributed by atoms with Crippen LogP contribution in [0.4, 0.5) is 29.2 Å². The minimum Gasteiger partial charge on any atom is -0.497 e. The van der Waals surface area contributed by atoms with Crippen molar-refractivity contribution in [3.8, 4) is 5.75 Å². The van der Waals surface area contributed by atoms with Crippen LogP contribution in [0.1, 0.15) is 29.6 Å². The second-order valence-electron chi connectivity index (χ2n) is 11.2. The first-order valence-corrected chi connectivity index (χ1v) is 14.3. The third-order valence-electron chi connectivity index (χ3n) is 7.37. The van der Waals surface area contributed by atoms with Crippen molar-refractivity contribution in [2.45, 2.75) is 43.4 Å². The number of hydrogen-bond donors (Lipinski definition) is 6. The molecule has 2 saturated heterocycles. The lowest BCUT2D eigenvalue weighted by atomic mass is 10.0. The van der Waals surface area contributed by atoms with Crippen LogP contribution in [-0.4, -0.2) is 84.1 Å². The number of ketones is 1. The van der Waals surface area contributed by atoms with E-state index in [9.17, 15) is 9.59 Å². The second-order valence-corrected chi connectivity index (χ2v) is 11.2. The van der Waals surface area contributed by atoms with Crippen LogP contribution in [-0.2, 0) is 4.79 Å². The fourth-order valence-electron chi connectivity index (χ4n) is 5.37. The molecule has 0 saturated carbocycles. The summed E-state index contributed by atoms with van der Waals surface area (Å²) in [5, 5.41) is 5.94. The largest absolute Gasteiger partial charge is 0.497 e. The smallest absolute Gasteiger partial charge is 0.233 e. The summed E-state index contributed by atoms with van der Waals surface area (Å²) in [6.45, 7) is 2.27. The Morgan fingerprint density at radius 2 is 1.26 bits per heavy atom. The van der Waals surface area contributed by atoms with E-state index in [4.69, 9.17) is 32.7 Å². The van der Waals surface area contributed by atoms with Crippen LogP contribution in [0.2, 0.25) is 0 Å². The molecule has 0 bridgehead atoms. The molecule has 3 aromatic rings. The number of methoxy groups -OCH3 is 1. The van der Waals surface area contributed by atoms with E-state index in [2.05, 4.69) is 20.6 Å². The van der Waals surface area contributed by atoms with E-state index in [0.29, 0.717) is 66.7 Å². The maximum Gasteiger partial charge on any atom is 0.233 e. The highest BCUT2D eigenvalue weighted by molar-refractivity contribution is 6.11. The normalized spacial score (nSPS) is 22.2. The number of carbonyl (C=O) groups excluding carboxylic acids is 2. The lowest BCUT2D eigenvalue weighted by Gasteiger charge is -2.37. The number of ether oxygens (including phenoxy) is 1. The number of benzene rings is 2. The Labute approximate surface area is 250 Å². The standard InChI is InChI=1S/C29H39N11O3/c1-43-24-8-6-22(7-9-24)34-26(42)12-25(41)17-2-4-23(5-3-17)35-27-36-28(39-13-18(30)10-19(31)14-39)38-29(37-27)40-15-20(32)11-21(33)16-40/h2-9,18-21H,10-16,30-33H2,1H3,(H,34,42)(H,35,36,37,38)/t18-,19+,20-,21+. The van der Waals surface area contributed by atoms with E-state index in [-0.39, 0.29) is 36.4 Å². The molecule has 10 N–H and O–H groups in total. The number of Topliss-reactive ketones (excluding diaryl/α,β-unsaturated/α-hetero) is 1. The summed E-state index contributed by atoms with van der Waals surface area (Å²) in [5.41, 5.74) is 26.6. The number of amides is 1. The molecule has 0 unspecified atom stereocenters. The predicted molar refractivity (Wildman–Crippen MR) is 166 cm³/mol. The van der Waals surface area contributed by atoms with E-state index >= 15 is 0 Å². The van der Waals surface area contributed by atoms with Crippen LogP contribution < -0.4 is 48.1 Å².